The summed E-state index contributed by atoms with van der Waals surface area (Å²) in [5, 5.41) is 12.8. The van der Waals surface area contributed by atoms with E-state index in [1.165, 1.54) is 0 Å². The van der Waals surface area contributed by atoms with Crippen molar-refractivity contribution >= 4 is 6.09 Å². The van der Waals surface area contributed by atoms with Crippen LogP contribution in [0.2, 0.25) is 0 Å². The number of nitrogens with one attached hydrogen (secondary N) is 1. The molecule has 2 aliphatic rings. The van der Waals surface area contributed by atoms with Crippen LogP contribution in [0.15, 0.2) is 0 Å². The Kier molecular flexibility index (Phi) is 3.56. The van der Waals surface area contributed by atoms with Gasteiger partial charge in [-0.2, -0.15) is 0 Å². The molecule has 0 radical (unpaired) electrons. The molecule has 1 saturated carbocycles. The number of alkyl carbamates (subject to hydrolysis) is 1. The van der Waals surface area contributed by atoms with Crippen molar-refractivity contribution in [2.75, 3.05) is 13.2 Å². The molecule has 2 fully saturated rings. The summed E-state index contributed by atoms with van der Waals surface area (Å²) in [7, 11) is 0. The molecule has 1 heterocycles. The van der Waals surface area contributed by atoms with Crippen LogP contribution >= 0.6 is 0 Å². The molecule has 1 aliphatic carbocycles. The van der Waals surface area contributed by atoms with Crippen LogP contribution in [0.4, 0.5) is 4.79 Å². The van der Waals surface area contributed by atoms with Crippen LogP contribution in [0, 0.1) is 5.41 Å². The standard InChI is InChI=1S/C13H23NO4/c1-12(2,3)18-11(16)14-9-6-13(7-9)4-5-17-8-10(13)15/h9-10,15H,4-8H2,1-3H3,(H,14,16). The van der Waals surface area contributed by atoms with Gasteiger partial charge in [0.1, 0.15) is 5.60 Å². The average Bonchev–Trinajstić information content (AvgIpc) is 2.16. The molecule has 1 unspecified atom stereocenters. The zero-order valence-electron chi connectivity index (χ0n) is 11.4. The quantitative estimate of drug-likeness (QED) is 0.746. The number of ether oxygens (including phenoxy) is 2. The van der Waals surface area contributed by atoms with Crippen molar-refractivity contribution < 1.29 is 19.4 Å². The molecule has 0 aromatic heterocycles. The SMILES string of the molecule is CC(C)(C)OC(=O)NC1CC2(CCOCC2O)C1. The van der Waals surface area contributed by atoms with Crippen LogP contribution in [-0.4, -0.2) is 42.2 Å². The predicted molar refractivity (Wildman–Crippen MR) is 66.3 cm³/mol. The molecular formula is C13H23NO4. The van der Waals surface area contributed by atoms with Gasteiger partial charge in [-0.05, 0) is 40.0 Å². The smallest absolute Gasteiger partial charge is 0.407 e. The number of aliphatic hydroxyl groups excluding tert-OH is 1. The number of amides is 1. The van der Waals surface area contributed by atoms with E-state index < -0.39 is 11.7 Å². The Balaban J connectivity index is 1.77. The highest BCUT2D eigenvalue weighted by atomic mass is 16.6. The number of rotatable bonds is 1. The molecule has 1 spiro atoms. The van der Waals surface area contributed by atoms with E-state index in [-0.39, 0.29) is 17.6 Å². The number of aliphatic hydroxyl groups is 1. The molecule has 0 aromatic rings. The zero-order chi connectivity index (χ0) is 13.4. The molecule has 1 atom stereocenters. The van der Waals surface area contributed by atoms with E-state index in [1.54, 1.807) is 0 Å². The van der Waals surface area contributed by atoms with Gasteiger partial charge in [0.05, 0.1) is 12.7 Å². The van der Waals surface area contributed by atoms with E-state index in [4.69, 9.17) is 9.47 Å². The minimum absolute atomic E-state index is 0.0437. The van der Waals surface area contributed by atoms with Gasteiger partial charge in [-0.1, -0.05) is 0 Å². The van der Waals surface area contributed by atoms with E-state index in [9.17, 15) is 9.90 Å². The highest BCUT2D eigenvalue weighted by Crippen LogP contribution is 2.48. The van der Waals surface area contributed by atoms with E-state index in [2.05, 4.69) is 5.32 Å². The highest BCUT2D eigenvalue weighted by Gasteiger charge is 2.51. The molecule has 18 heavy (non-hydrogen) atoms. The Bertz CT molecular complexity index is 317. The normalized spacial score (nSPS) is 36.0. The summed E-state index contributed by atoms with van der Waals surface area (Å²) in [6.07, 6.45) is 1.74. The lowest BCUT2D eigenvalue weighted by molar-refractivity contribution is -0.141. The van der Waals surface area contributed by atoms with Crippen molar-refractivity contribution in [3.8, 4) is 0 Å². The zero-order valence-corrected chi connectivity index (χ0v) is 11.4. The summed E-state index contributed by atoms with van der Waals surface area (Å²) in [6, 6.07) is 0.118. The maximum atomic E-state index is 11.6. The second-order valence-electron chi connectivity index (χ2n) is 6.45. The van der Waals surface area contributed by atoms with Crippen molar-refractivity contribution in [2.45, 2.75) is 57.8 Å². The van der Waals surface area contributed by atoms with Gasteiger partial charge < -0.3 is 19.9 Å². The van der Waals surface area contributed by atoms with Gasteiger partial charge in [-0.15, -0.1) is 0 Å². The summed E-state index contributed by atoms with van der Waals surface area (Å²) < 4.78 is 10.4. The topological polar surface area (TPSA) is 67.8 Å². The lowest BCUT2D eigenvalue weighted by atomic mass is 9.60. The lowest BCUT2D eigenvalue weighted by Gasteiger charge is -2.52. The van der Waals surface area contributed by atoms with Gasteiger partial charge in [0.25, 0.3) is 0 Å². The molecule has 2 N–H and O–H groups in total. The van der Waals surface area contributed by atoms with Crippen LogP contribution < -0.4 is 5.32 Å². The third-order valence-corrected chi connectivity index (χ3v) is 3.75. The van der Waals surface area contributed by atoms with Gasteiger partial charge in [0.15, 0.2) is 0 Å². The monoisotopic (exact) mass is 257 g/mol. The van der Waals surface area contributed by atoms with Crippen LogP contribution in [0.5, 0.6) is 0 Å². The first kappa shape index (κ1) is 13.6. The van der Waals surface area contributed by atoms with E-state index in [0.29, 0.717) is 13.2 Å². The fourth-order valence-corrected chi connectivity index (χ4v) is 2.79. The summed E-state index contributed by atoms with van der Waals surface area (Å²) in [5.74, 6) is 0. The van der Waals surface area contributed by atoms with E-state index in [0.717, 1.165) is 19.3 Å². The Morgan fingerprint density at radius 1 is 1.44 bits per heavy atom. The van der Waals surface area contributed by atoms with Crippen molar-refractivity contribution in [1.29, 1.82) is 0 Å². The molecule has 0 bridgehead atoms. The van der Waals surface area contributed by atoms with Crippen LogP contribution in [0.1, 0.15) is 40.0 Å². The van der Waals surface area contributed by atoms with Gasteiger partial charge in [-0.25, -0.2) is 4.79 Å². The number of hydrogen-bond acceptors (Lipinski definition) is 4. The maximum Gasteiger partial charge on any atom is 0.407 e. The van der Waals surface area contributed by atoms with Crippen LogP contribution in [0.25, 0.3) is 0 Å². The first-order valence-corrected chi connectivity index (χ1v) is 6.56. The summed E-state index contributed by atoms with van der Waals surface area (Å²) in [4.78, 5) is 11.6. The first-order valence-electron chi connectivity index (χ1n) is 6.56. The predicted octanol–water partition coefficient (Wildman–Crippen LogP) is 1.44. The first-order chi connectivity index (χ1) is 8.31. The molecule has 1 amide bonds. The van der Waals surface area contributed by atoms with Crippen molar-refractivity contribution in [3.63, 3.8) is 0 Å². The third kappa shape index (κ3) is 2.95. The second-order valence-corrected chi connectivity index (χ2v) is 6.45. The van der Waals surface area contributed by atoms with Gasteiger partial charge in [-0.3, -0.25) is 0 Å². The Hall–Kier alpha value is -0.810. The molecule has 1 aliphatic heterocycles. The van der Waals surface area contributed by atoms with E-state index >= 15 is 0 Å². The second kappa shape index (κ2) is 4.70. The molecule has 0 aromatic carbocycles. The fraction of sp³-hybridized carbons (Fsp3) is 0.923. The fourth-order valence-electron chi connectivity index (χ4n) is 2.79. The third-order valence-electron chi connectivity index (χ3n) is 3.75. The summed E-state index contributed by atoms with van der Waals surface area (Å²) >= 11 is 0. The Labute approximate surface area is 108 Å². The van der Waals surface area contributed by atoms with Gasteiger partial charge >= 0.3 is 6.09 Å². The molecular weight excluding hydrogens is 234 g/mol. The summed E-state index contributed by atoms with van der Waals surface area (Å²) in [5.41, 5.74) is -0.512. The minimum Gasteiger partial charge on any atom is -0.444 e. The summed E-state index contributed by atoms with van der Waals surface area (Å²) in [6.45, 7) is 6.65. The Morgan fingerprint density at radius 2 is 2.11 bits per heavy atom. The van der Waals surface area contributed by atoms with Crippen LogP contribution in [-0.2, 0) is 9.47 Å². The molecule has 5 heteroatoms. The molecule has 2 rings (SSSR count). The minimum atomic E-state index is -0.469. The largest absolute Gasteiger partial charge is 0.444 e. The average molecular weight is 257 g/mol. The molecule has 5 nitrogen and oxygen atoms in total. The van der Waals surface area contributed by atoms with E-state index in [1.807, 2.05) is 20.8 Å². The Morgan fingerprint density at radius 3 is 2.67 bits per heavy atom. The number of carbonyl (C=O) groups is 1. The molecule has 104 valence electrons. The number of carbonyl (C=O) groups excluding carboxylic acids is 1. The van der Waals surface area contributed by atoms with Crippen LogP contribution in [0.3, 0.4) is 0 Å². The van der Waals surface area contributed by atoms with Crippen molar-refractivity contribution in [3.05, 3.63) is 0 Å². The van der Waals surface area contributed by atoms with Gasteiger partial charge in [0.2, 0.25) is 0 Å². The molecule has 1 saturated heterocycles. The number of hydrogen-bond donors (Lipinski definition) is 2. The van der Waals surface area contributed by atoms with Crippen molar-refractivity contribution in [2.24, 2.45) is 5.41 Å². The lowest BCUT2D eigenvalue weighted by Crippen LogP contribution is -2.59. The maximum absolute atomic E-state index is 11.6. The highest BCUT2D eigenvalue weighted by molar-refractivity contribution is 5.68. The van der Waals surface area contributed by atoms with Gasteiger partial charge in [0, 0.05) is 18.1 Å². The van der Waals surface area contributed by atoms with Crippen molar-refractivity contribution in [1.82, 2.24) is 5.32 Å².